The molecule has 0 spiro atoms. The number of aryl methyl sites for hydroxylation is 2. The Balaban J connectivity index is 0.000000417. The number of hydrogen-bond acceptors (Lipinski definition) is 18. The molecule has 386 valence electrons. The van der Waals surface area contributed by atoms with Crippen molar-refractivity contribution in [3.05, 3.63) is 125 Å². The summed E-state index contributed by atoms with van der Waals surface area (Å²) in [6, 6.07) is 7.02. The van der Waals surface area contributed by atoms with Gasteiger partial charge in [-0.15, -0.1) is 0 Å². The molecule has 0 aliphatic carbocycles. The Kier molecular flexibility index (Phi) is 27.1. The molecule has 0 bridgehead atoms. The maximum absolute atomic E-state index is 10.9. The molecule has 0 aromatic carbocycles. The number of oxazole rings is 4. The van der Waals surface area contributed by atoms with Gasteiger partial charge in [-0.2, -0.15) is 0 Å². The lowest BCUT2D eigenvalue weighted by Crippen LogP contribution is -2.05. The van der Waals surface area contributed by atoms with Crippen LogP contribution in [0.2, 0.25) is 0 Å². The van der Waals surface area contributed by atoms with Crippen molar-refractivity contribution in [3.63, 3.8) is 0 Å². The van der Waals surface area contributed by atoms with Gasteiger partial charge < -0.3 is 31.3 Å². The van der Waals surface area contributed by atoms with E-state index in [1.165, 1.54) is 12.6 Å². The highest BCUT2D eigenvalue weighted by molar-refractivity contribution is 7.90. The Morgan fingerprint density at radius 2 is 1.12 bits per heavy atom. The van der Waals surface area contributed by atoms with E-state index < -0.39 is 42.0 Å². The van der Waals surface area contributed by atoms with Crippen molar-refractivity contribution in [1.82, 2.24) is 29.9 Å². The number of hydrogen-bond donors (Lipinski definition) is 2. The van der Waals surface area contributed by atoms with Crippen LogP contribution in [0, 0.1) is 18.6 Å². The van der Waals surface area contributed by atoms with E-state index in [1.807, 2.05) is 69.2 Å². The van der Waals surface area contributed by atoms with Crippen molar-refractivity contribution in [2.24, 2.45) is 0 Å². The summed E-state index contributed by atoms with van der Waals surface area (Å²) in [5.74, 6) is 4.34. The van der Waals surface area contributed by atoms with Gasteiger partial charge in [0, 0.05) is 61.5 Å². The van der Waals surface area contributed by atoms with E-state index in [0.717, 1.165) is 46.4 Å². The number of aromatic nitrogens is 6. The van der Waals surface area contributed by atoms with Crippen LogP contribution in [-0.4, -0.2) is 70.9 Å². The third-order valence-corrected chi connectivity index (χ3v) is 11.4. The molecule has 19 nitrogen and oxygen atoms in total. The van der Waals surface area contributed by atoms with Crippen LogP contribution in [0.15, 0.2) is 84.7 Å². The van der Waals surface area contributed by atoms with Crippen molar-refractivity contribution in [1.29, 1.82) is 4.78 Å². The largest absolute Gasteiger partial charge is 0.772 e. The normalized spacial score (nSPS) is 12.9. The summed E-state index contributed by atoms with van der Waals surface area (Å²) in [6.45, 7) is 27.7. The molecule has 0 aliphatic heterocycles. The predicted octanol–water partition coefficient (Wildman–Crippen LogP) is 10.4. The number of sulfone groups is 1. The molecule has 0 fully saturated rings. The van der Waals surface area contributed by atoms with E-state index in [-0.39, 0.29) is 46.2 Å². The first kappa shape index (κ1) is 62.2. The molecule has 6 aromatic heterocycles. The first-order valence-corrected chi connectivity index (χ1v) is 27.9. The van der Waals surface area contributed by atoms with Gasteiger partial charge in [-0.05, 0) is 58.0 Å². The minimum Gasteiger partial charge on any atom is -0.772 e. The van der Waals surface area contributed by atoms with Gasteiger partial charge >= 0.3 is 5.22 Å². The van der Waals surface area contributed by atoms with E-state index >= 15 is 0 Å². The Hall–Kier alpha value is -4.78. The van der Waals surface area contributed by atoms with E-state index in [4.69, 9.17) is 27.0 Å². The van der Waals surface area contributed by atoms with Gasteiger partial charge in [0.2, 0.25) is 9.84 Å². The van der Waals surface area contributed by atoms with Gasteiger partial charge in [0.05, 0.1) is 34.8 Å². The van der Waals surface area contributed by atoms with Crippen molar-refractivity contribution in [3.8, 4) is 0 Å². The van der Waals surface area contributed by atoms with Crippen molar-refractivity contribution < 1.29 is 52.4 Å². The SMILES string of the molecule is CC(C)c1cnc(S(C)(=O)=O)o1.CC(C)c1ncccc1CS(=N)(=O)O.CC(C)c1ncccc1CS(=O)[O-].CC(C)c1ocnc1CS(=O)[O-].Cc1nc(C(C)C)co1.Cc1nc(C(C)C)co1. The van der Waals surface area contributed by atoms with E-state index in [2.05, 4.69) is 57.6 Å². The number of nitrogens with one attached hydrogen (secondary N) is 1. The van der Waals surface area contributed by atoms with Crippen LogP contribution in [0.4, 0.5) is 0 Å². The molecule has 0 radical (unpaired) electrons. The molecule has 0 amide bonds. The molecule has 0 saturated heterocycles. The van der Waals surface area contributed by atoms with Crippen LogP contribution >= 0.6 is 0 Å². The van der Waals surface area contributed by atoms with Crippen LogP contribution in [0.5, 0.6) is 0 Å². The fraction of sp³-hybridized carbons (Fsp3) is 0.522. The lowest BCUT2D eigenvalue weighted by atomic mass is 10.1. The van der Waals surface area contributed by atoms with Crippen molar-refractivity contribution in [2.45, 2.75) is 155 Å². The Labute approximate surface area is 412 Å². The average Bonchev–Trinajstić information content (AvgIpc) is 4.07. The lowest BCUT2D eigenvalue weighted by Gasteiger charge is -2.12. The molecule has 6 heterocycles. The Morgan fingerprint density at radius 3 is 1.43 bits per heavy atom. The first-order chi connectivity index (χ1) is 31.9. The molecular weight excluding hydrogens is 971 g/mol. The molecule has 6 rings (SSSR count). The third-order valence-electron chi connectivity index (χ3n) is 8.87. The predicted molar refractivity (Wildman–Crippen MR) is 264 cm³/mol. The Bertz CT molecular complexity index is 2640. The van der Waals surface area contributed by atoms with Gasteiger partial charge in [-0.1, -0.05) is 106 Å². The first-order valence-electron chi connectivity index (χ1n) is 21.8. The van der Waals surface area contributed by atoms with Gasteiger partial charge in [-0.25, -0.2) is 37.3 Å². The topological polar surface area (TPSA) is 305 Å². The summed E-state index contributed by atoms with van der Waals surface area (Å²) < 4.78 is 110. The molecule has 2 N–H and O–H groups in total. The van der Waals surface area contributed by atoms with Crippen LogP contribution in [-0.2, 0) is 59.3 Å². The molecule has 0 aliphatic rings. The molecule has 69 heavy (non-hydrogen) atoms. The smallest absolute Gasteiger partial charge is 0.314 e. The second kappa shape index (κ2) is 30.1. The standard InChI is InChI=1S/C9H14N2O2S.C9H13NO2S.2C7H11NO3S.2C7H11NO/c1-7(2)9-8(4-3-5-11-9)6-14(10,12)13;1-7(2)9-8(6-13(11)12)4-3-5-10-9;1-5(2)6-4-8-7(11-6)12(3,9)10;1-5(2)7-6(3-12(9)10)8-4-11-7;2*1-5(2)7-4-9-6(3)8-7/h3-5,7H,6H2,1-2H3,(H2,10,12,13);3-5,7H,6H2,1-2H3,(H,11,12);4-5H,1-3H3;4-5H,3H2,1-2H3,(H,9,10);2*4-5H,1-3H3/p-2. The van der Waals surface area contributed by atoms with Crippen LogP contribution < -0.4 is 0 Å². The van der Waals surface area contributed by atoms with E-state index in [9.17, 15) is 30.1 Å². The highest BCUT2D eigenvalue weighted by Crippen LogP contribution is 2.21. The zero-order valence-electron chi connectivity index (χ0n) is 42.1. The number of rotatable bonds is 13. The van der Waals surface area contributed by atoms with Crippen LogP contribution in [0.25, 0.3) is 0 Å². The second-order valence-corrected chi connectivity index (χ2v) is 22.5. The molecule has 3 unspecified atom stereocenters. The molecule has 6 aromatic rings. The molecular formula is C46H69N7O12S4-2. The zero-order chi connectivity index (χ0) is 52.8. The lowest BCUT2D eigenvalue weighted by molar-refractivity contribution is 0.388. The number of nitrogens with zero attached hydrogens (tertiary/aromatic N) is 6. The molecule has 23 heteroatoms. The fourth-order valence-corrected chi connectivity index (χ4v) is 7.59. The minimum absolute atomic E-state index is 0.0569. The second-order valence-electron chi connectivity index (χ2n) is 17.3. The summed E-state index contributed by atoms with van der Waals surface area (Å²) in [6.07, 6.45) is 10.6. The fourth-order valence-electron chi connectivity index (χ4n) is 5.49. The summed E-state index contributed by atoms with van der Waals surface area (Å²) in [5, 5.41) is -0.203. The van der Waals surface area contributed by atoms with Gasteiger partial charge in [0.1, 0.15) is 24.0 Å². The van der Waals surface area contributed by atoms with Crippen molar-refractivity contribution >= 4 is 42.0 Å². The van der Waals surface area contributed by atoms with E-state index in [1.54, 1.807) is 49.2 Å². The van der Waals surface area contributed by atoms with Crippen molar-refractivity contribution in [2.75, 3.05) is 6.26 Å². The summed E-state index contributed by atoms with van der Waals surface area (Å²) in [7, 11) is -6.77. The molecule has 3 atom stereocenters. The highest BCUT2D eigenvalue weighted by atomic mass is 32.2. The summed E-state index contributed by atoms with van der Waals surface area (Å²) in [5.41, 5.74) is 5.72. The third kappa shape index (κ3) is 25.1. The summed E-state index contributed by atoms with van der Waals surface area (Å²) in [4.78, 5) is 24.1. The monoisotopic (exact) mass is 1040 g/mol. The maximum Gasteiger partial charge on any atom is 0.314 e. The van der Waals surface area contributed by atoms with Gasteiger partial charge in [-0.3, -0.25) is 18.4 Å². The summed E-state index contributed by atoms with van der Waals surface area (Å²) >= 11 is -4.13. The van der Waals surface area contributed by atoms with Crippen LogP contribution in [0.3, 0.4) is 0 Å². The van der Waals surface area contributed by atoms with Crippen LogP contribution in [0.1, 0.15) is 181 Å². The Morgan fingerprint density at radius 1 is 0.652 bits per heavy atom. The van der Waals surface area contributed by atoms with E-state index in [0.29, 0.717) is 34.6 Å². The highest BCUT2D eigenvalue weighted by Gasteiger charge is 2.16. The quantitative estimate of drug-likeness (QED) is 0.102. The average molecular weight is 1040 g/mol. The van der Waals surface area contributed by atoms with Gasteiger partial charge in [0.15, 0.2) is 28.2 Å². The minimum atomic E-state index is -3.47. The zero-order valence-corrected chi connectivity index (χ0v) is 45.4. The maximum atomic E-state index is 10.9. The molecule has 0 saturated carbocycles. The van der Waals surface area contributed by atoms with Gasteiger partial charge in [0.25, 0.3) is 0 Å². The number of pyridine rings is 2.